The van der Waals surface area contributed by atoms with Gasteiger partial charge in [-0.05, 0) is 78.1 Å². The highest BCUT2D eigenvalue weighted by Crippen LogP contribution is 2.44. The van der Waals surface area contributed by atoms with Crippen LogP contribution in [0.2, 0.25) is 0 Å². The molecule has 3 rings (SSSR count). The predicted octanol–water partition coefficient (Wildman–Crippen LogP) is 3.85. The summed E-state index contributed by atoms with van der Waals surface area (Å²) >= 11 is 0. The maximum absolute atomic E-state index is 4.04. The van der Waals surface area contributed by atoms with Crippen LogP contribution < -0.4 is 10.6 Å². The topological polar surface area (TPSA) is 24.1 Å². The molecule has 2 unspecified atom stereocenters. The minimum Gasteiger partial charge on any atom is -0.311 e. The van der Waals surface area contributed by atoms with Crippen LogP contribution in [0, 0.1) is 11.8 Å². The van der Waals surface area contributed by atoms with Gasteiger partial charge in [0.05, 0.1) is 0 Å². The van der Waals surface area contributed by atoms with Crippen molar-refractivity contribution in [2.24, 2.45) is 11.8 Å². The van der Waals surface area contributed by atoms with Crippen LogP contribution in [0.1, 0.15) is 79.1 Å². The molecular weight excluding hydrogens is 244 g/mol. The first-order valence-electron chi connectivity index (χ1n) is 8.88. The van der Waals surface area contributed by atoms with Crippen molar-refractivity contribution in [1.29, 1.82) is 0 Å². The molecule has 2 atom stereocenters. The highest BCUT2D eigenvalue weighted by Gasteiger charge is 2.40. The summed E-state index contributed by atoms with van der Waals surface area (Å²) in [5.41, 5.74) is 0.536. The molecule has 1 saturated heterocycles. The van der Waals surface area contributed by atoms with Crippen molar-refractivity contribution in [3.63, 3.8) is 0 Å². The fourth-order valence-electron chi connectivity index (χ4n) is 5.15. The van der Waals surface area contributed by atoms with Gasteiger partial charge in [-0.2, -0.15) is 0 Å². The molecule has 116 valence electrons. The monoisotopic (exact) mass is 278 g/mol. The van der Waals surface area contributed by atoms with Crippen LogP contribution in [-0.2, 0) is 0 Å². The first-order valence-corrected chi connectivity index (χ1v) is 8.88. The molecule has 2 aliphatic carbocycles. The summed E-state index contributed by atoms with van der Waals surface area (Å²) in [6.07, 6.45) is 11.4. The molecule has 0 aromatic carbocycles. The van der Waals surface area contributed by atoms with E-state index in [1.165, 1.54) is 51.4 Å². The van der Waals surface area contributed by atoms with Crippen LogP contribution >= 0.6 is 0 Å². The second-order valence-corrected chi connectivity index (χ2v) is 9.13. The van der Waals surface area contributed by atoms with Gasteiger partial charge in [-0.3, -0.25) is 0 Å². The maximum atomic E-state index is 4.04. The average molecular weight is 278 g/mol. The molecule has 2 nitrogen and oxygen atoms in total. The predicted molar refractivity (Wildman–Crippen MR) is 85.9 cm³/mol. The van der Waals surface area contributed by atoms with Crippen molar-refractivity contribution in [2.45, 2.75) is 102 Å². The quantitative estimate of drug-likeness (QED) is 0.819. The second kappa shape index (κ2) is 5.28. The third-order valence-corrected chi connectivity index (χ3v) is 5.67. The van der Waals surface area contributed by atoms with Gasteiger partial charge in [0, 0.05) is 23.2 Å². The molecule has 2 heteroatoms. The van der Waals surface area contributed by atoms with Gasteiger partial charge in [-0.25, -0.2) is 0 Å². The highest BCUT2D eigenvalue weighted by molar-refractivity contribution is 5.00. The summed E-state index contributed by atoms with van der Waals surface area (Å²) in [4.78, 5) is 0. The Bertz CT molecular complexity index is 327. The molecule has 1 aliphatic heterocycles. The summed E-state index contributed by atoms with van der Waals surface area (Å²) in [6, 6.07) is 1.49. The molecule has 2 saturated carbocycles. The number of hydrogen-bond donors (Lipinski definition) is 2. The van der Waals surface area contributed by atoms with Crippen LogP contribution in [-0.4, -0.2) is 23.2 Å². The van der Waals surface area contributed by atoms with Crippen molar-refractivity contribution in [1.82, 2.24) is 10.6 Å². The lowest BCUT2D eigenvalue weighted by Crippen LogP contribution is -2.62. The zero-order valence-electron chi connectivity index (χ0n) is 14.0. The lowest BCUT2D eigenvalue weighted by Gasteiger charge is -2.48. The van der Waals surface area contributed by atoms with Gasteiger partial charge in [-0.15, -0.1) is 0 Å². The Hall–Kier alpha value is -0.0800. The van der Waals surface area contributed by atoms with Gasteiger partial charge < -0.3 is 10.6 Å². The number of hydrogen-bond acceptors (Lipinski definition) is 2. The average Bonchev–Trinajstić information content (AvgIpc) is 3.08. The lowest BCUT2D eigenvalue weighted by atomic mass is 9.78. The van der Waals surface area contributed by atoms with Crippen LogP contribution in [0.15, 0.2) is 0 Å². The molecule has 0 spiro atoms. The number of rotatable bonds is 3. The molecular formula is C18H34N2. The Morgan fingerprint density at radius 1 is 0.800 bits per heavy atom. The summed E-state index contributed by atoms with van der Waals surface area (Å²) in [5.74, 6) is 2.14. The molecule has 2 N–H and O–H groups in total. The van der Waals surface area contributed by atoms with E-state index in [0.717, 1.165) is 17.9 Å². The van der Waals surface area contributed by atoms with Crippen molar-refractivity contribution >= 4 is 0 Å². The largest absolute Gasteiger partial charge is 0.311 e. The fourth-order valence-corrected chi connectivity index (χ4v) is 5.15. The molecule has 1 heterocycles. The van der Waals surface area contributed by atoms with Gasteiger partial charge in [0.15, 0.2) is 0 Å². The smallest absolute Gasteiger partial charge is 0.0144 e. The maximum Gasteiger partial charge on any atom is 0.0144 e. The minimum atomic E-state index is 0.268. The number of nitrogens with one attached hydrogen (secondary N) is 2. The van der Waals surface area contributed by atoms with Crippen molar-refractivity contribution in [2.75, 3.05) is 0 Å². The molecule has 0 aromatic rings. The minimum absolute atomic E-state index is 0.268. The number of piperidine rings is 1. The summed E-state index contributed by atoms with van der Waals surface area (Å²) in [5, 5.41) is 7.84. The van der Waals surface area contributed by atoms with E-state index >= 15 is 0 Å². The van der Waals surface area contributed by atoms with Crippen LogP contribution in [0.25, 0.3) is 0 Å². The first kappa shape index (κ1) is 14.8. The SMILES string of the molecule is CC1(C)CC(NC2CCCC(C3CC3)C2)CC(C)(C)N1. The standard InChI is InChI=1S/C18H34N2/c1-17(2)11-16(12-18(3,4)20-17)19-15-7-5-6-14(10-15)13-8-9-13/h13-16,19-20H,5-12H2,1-4H3. The molecule has 0 radical (unpaired) electrons. The molecule has 3 aliphatic rings. The van der Waals surface area contributed by atoms with E-state index in [-0.39, 0.29) is 11.1 Å². The van der Waals surface area contributed by atoms with Crippen molar-refractivity contribution < 1.29 is 0 Å². The summed E-state index contributed by atoms with van der Waals surface area (Å²) in [7, 11) is 0. The van der Waals surface area contributed by atoms with E-state index in [0.29, 0.717) is 6.04 Å². The Kier molecular flexibility index (Phi) is 3.92. The van der Waals surface area contributed by atoms with E-state index in [2.05, 4.69) is 38.3 Å². The first-order chi connectivity index (χ1) is 9.33. The zero-order valence-corrected chi connectivity index (χ0v) is 14.0. The van der Waals surface area contributed by atoms with E-state index in [9.17, 15) is 0 Å². The van der Waals surface area contributed by atoms with Crippen LogP contribution in [0.4, 0.5) is 0 Å². The lowest BCUT2D eigenvalue weighted by molar-refractivity contribution is 0.128. The van der Waals surface area contributed by atoms with E-state index in [1.54, 1.807) is 0 Å². The third-order valence-electron chi connectivity index (χ3n) is 5.67. The Balaban J connectivity index is 1.56. The normalized spacial score (nSPS) is 37.8. The highest BCUT2D eigenvalue weighted by atomic mass is 15.1. The third kappa shape index (κ3) is 3.76. The molecule has 0 aromatic heterocycles. The van der Waals surface area contributed by atoms with E-state index in [4.69, 9.17) is 0 Å². The summed E-state index contributed by atoms with van der Waals surface area (Å²) < 4.78 is 0. The van der Waals surface area contributed by atoms with Gasteiger partial charge in [-0.1, -0.05) is 12.8 Å². The molecule has 3 fully saturated rings. The zero-order chi connectivity index (χ0) is 14.4. The Morgan fingerprint density at radius 3 is 2.05 bits per heavy atom. The fraction of sp³-hybridized carbons (Fsp3) is 1.00. The Labute approximate surface area is 125 Å². The van der Waals surface area contributed by atoms with E-state index < -0.39 is 0 Å². The molecule has 0 amide bonds. The molecule has 0 bridgehead atoms. The Morgan fingerprint density at radius 2 is 1.45 bits per heavy atom. The van der Waals surface area contributed by atoms with Crippen molar-refractivity contribution in [3.05, 3.63) is 0 Å². The van der Waals surface area contributed by atoms with Gasteiger partial charge in [0.25, 0.3) is 0 Å². The van der Waals surface area contributed by atoms with Gasteiger partial charge >= 0.3 is 0 Å². The van der Waals surface area contributed by atoms with Crippen molar-refractivity contribution in [3.8, 4) is 0 Å². The second-order valence-electron chi connectivity index (χ2n) is 9.13. The van der Waals surface area contributed by atoms with Crippen LogP contribution in [0.3, 0.4) is 0 Å². The van der Waals surface area contributed by atoms with Gasteiger partial charge in [0.2, 0.25) is 0 Å². The van der Waals surface area contributed by atoms with E-state index in [1.807, 2.05) is 0 Å². The molecule has 20 heavy (non-hydrogen) atoms. The summed E-state index contributed by atoms with van der Waals surface area (Å²) in [6.45, 7) is 9.43. The van der Waals surface area contributed by atoms with Gasteiger partial charge in [0.1, 0.15) is 0 Å². The van der Waals surface area contributed by atoms with Crippen LogP contribution in [0.5, 0.6) is 0 Å².